The fraction of sp³-hybridized carbons (Fsp3) is 0.652. The molecule has 27 heavy (non-hydrogen) atoms. The van der Waals surface area contributed by atoms with Gasteiger partial charge in [0.05, 0.1) is 5.92 Å². The molecule has 148 valence electrons. The number of piperidine rings is 1. The Kier molecular flexibility index (Phi) is 6.92. The van der Waals surface area contributed by atoms with Crippen molar-refractivity contribution in [3.8, 4) is 0 Å². The SMILES string of the molecule is Cc1ccc(C(=O)N2CCCC(C(=O)N(C)C3CCCCCCC3)C2)cc1. The zero-order chi connectivity index (χ0) is 19.2. The third-order valence-corrected chi connectivity index (χ3v) is 6.33. The molecule has 0 bridgehead atoms. The van der Waals surface area contributed by atoms with E-state index in [9.17, 15) is 9.59 Å². The third-order valence-electron chi connectivity index (χ3n) is 6.33. The zero-order valence-electron chi connectivity index (χ0n) is 17.0. The first-order valence-corrected chi connectivity index (χ1v) is 10.7. The Morgan fingerprint density at radius 2 is 1.56 bits per heavy atom. The number of benzene rings is 1. The fourth-order valence-corrected chi connectivity index (χ4v) is 4.53. The first-order valence-electron chi connectivity index (χ1n) is 10.7. The first-order chi connectivity index (χ1) is 13.1. The number of likely N-dealkylation sites (tertiary alicyclic amines) is 1. The Morgan fingerprint density at radius 3 is 2.22 bits per heavy atom. The Balaban J connectivity index is 1.61. The summed E-state index contributed by atoms with van der Waals surface area (Å²) in [5.74, 6) is 0.242. The fourth-order valence-electron chi connectivity index (χ4n) is 4.53. The predicted octanol–water partition coefficient (Wildman–Crippen LogP) is 4.42. The summed E-state index contributed by atoms with van der Waals surface area (Å²) in [5, 5.41) is 0. The molecule has 4 nitrogen and oxygen atoms in total. The Morgan fingerprint density at radius 1 is 0.926 bits per heavy atom. The lowest BCUT2D eigenvalue weighted by atomic mass is 9.92. The standard InChI is InChI=1S/C23H34N2O2/c1-18-12-14-19(15-13-18)23(27)25-16-8-9-20(17-25)22(26)24(2)21-10-6-4-3-5-7-11-21/h12-15,20-21H,3-11,16-17H2,1-2H3. The molecule has 1 unspecified atom stereocenters. The number of hydrogen-bond acceptors (Lipinski definition) is 2. The predicted molar refractivity (Wildman–Crippen MR) is 109 cm³/mol. The molecule has 2 aliphatic rings. The molecular formula is C23H34N2O2. The Labute approximate surface area is 163 Å². The summed E-state index contributed by atoms with van der Waals surface area (Å²) in [6, 6.07) is 8.11. The van der Waals surface area contributed by atoms with Crippen LogP contribution in [0.25, 0.3) is 0 Å². The van der Waals surface area contributed by atoms with Crippen molar-refractivity contribution < 1.29 is 9.59 Å². The number of aryl methyl sites for hydroxylation is 1. The second-order valence-corrected chi connectivity index (χ2v) is 8.40. The maximum absolute atomic E-state index is 13.1. The third kappa shape index (κ3) is 5.12. The molecule has 1 aromatic carbocycles. The summed E-state index contributed by atoms with van der Waals surface area (Å²) in [7, 11) is 1.98. The topological polar surface area (TPSA) is 40.6 Å². The minimum Gasteiger partial charge on any atom is -0.342 e. The van der Waals surface area contributed by atoms with E-state index in [1.165, 1.54) is 32.1 Å². The average molecular weight is 371 g/mol. The van der Waals surface area contributed by atoms with Gasteiger partial charge in [0.2, 0.25) is 5.91 Å². The normalized spacial score (nSPS) is 22.0. The molecule has 1 atom stereocenters. The largest absolute Gasteiger partial charge is 0.342 e. The highest BCUT2D eigenvalue weighted by Crippen LogP contribution is 2.25. The molecule has 0 spiro atoms. The van der Waals surface area contributed by atoms with Gasteiger partial charge in [-0.25, -0.2) is 0 Å². The number of carbonyl (C=O) groups excluding carboxylic acids is 2. The minimum atomic E-state index is -0.0522. The van der Waals surface area contributed by atoms with Gasteiger partial charge in [-0.1, -0.05) is 49.8 Å². The number of hydrogen-bond donors (Lipinski definition) is 0. The van der Waals surface area contributed by atoms with Gasteiger partial charge in [0.25, 0.3) is 5.91 Å². The maximum Gasteiger partial charge on any atom is 0.253 e. The van der Waals surface area contributed by atoms with Gasteiger partial charge in [-0.2, -0.15) is 0 Å². The second kappa shape index (κ2) is 9.38. The molecule has 2 amide bonds. The van der Waals surface area contributed by atoms with E-state index < -0.39 is 0 Å². The molecule has 1 aliphatic carbocycles. The minimum absolute atomic E-state index is 0.0522. The van der Waals surface area contributed by atoms with E-state index in [4.69, 9.17) is 0 Å². The van der Waals surface area contributed by atoms with E-state index >= 15 is 0 Å². The quantitative estimate of drug-likeness (QED) is 0.790. The van der Waals surface area contributed by atoms with Crippen molar-refractivity contribution in [1.82, 2.24) is 9.80 Å². The van der Waals surface area contributed by atoms with E-state index in [0.717, 1.165) is 43.4 Å². The molecule has 1 saturated carbocycles. The number of amides is 2. The van der Waals surface area contributed by atoms with Crippen molar-refractivity contribution in [3.63, 3.8) is 0 Å². The number of nitrogens with zero attached hydrogens (tertiary/aromatic N) is 2. The summed E-state index contributed by atoms with van der Waals surface area (Å²) < 4.78 is 0. The van der Waals surface area contributed by atoms with E-state index in [2.05, 4.69) is 0 Å². The summed E-state index contributed by atoms with van der Waals surface area (Å²) in [6.45, 7) is 3.33. The van der Waals surface area contributed by atoms with Crippen LogP contribution in [-0.2, 0) is 4.79 Å². The maximum atomic E-state index is 13.1. The van der Waals surface area contributed by atoms with Crippen molar-refractivity contribution in [2.24, 2.45) is 5.92 Å². The van der Waals surface area contributed by atoms with Gasteiger partial charge in [-0.05, 0) is 44.7 Å². The van der Waals surface area contributed by atoms with Gasteiger partial charge in [0.15, 0.2) is 0 Å². The van der Waals surface area contributed by atoms with Crippen LogP contribution in [0.2, 0.25) is 0 Å². The van der Waals surface area contributed by atoms with Crippen LogP contribution in [0, 0.1) is 12.8 Å². The lowest BCUT2D eigenvalue weighted by Gasteiger charge is -2.37. The summed E-state index contributed by atoms with van der Waals surface area (Å²) in [4.78, 5) is 29.9. The van der Waals surface area contributed by atoms with E-state index in [1.807, 2.05) is 48.0 Å². The van der Waals surface area contributed by atoms with Crippen LogP contribution in [0.5, 0.6) is 0 Å². The molecule has 4 heteroatoms. The molecule has 1 aromatic rings. The summed E-state index contributed by atoms with van der Waals surface area (Å²) >= 11 is 0. The number of rotatable bonds is 3. The van der Waals surface area contributed by atoms with Crippen LogP contribution in [0.3, 0.4) is 0 Å². The molecule has 1 saturated heterocycles. The zero-order valence-corrected chi connectivity index (χ0v) is 17.0. The first kappa shape index (κ1) is 19.9. The van der Waals surface area contributed by atoms with E-state index in [1.54, 1.807) is 0 Å². The highest BCUT2D eigenvalue weighted by Gasteiger charge is 2.32. The van der Waals surface area contributed by atoms with Gasteiger partial charge >= 0.3 is 0 Å². The average Bonchev–Trinajstić information content (AvgIpc) is 2.67. The highest BCUT2D eigenvalue weighted by atomic mass is 16.2. The van der Waals surface area contributed by atoms with Crippen LogP contribution in [-0.4, -0.2) is 47.8 Å². The summed E-state index contributed by atoms with van der Waals surface area (Å²) in [5.41, 5.74) is 1.88. The monoisotopic (exact) mass is 370 g/mol. The van der Waals surface area contributed by atoms with E-state index in [0.29, 0.717) is 12.6 Å². The molecule has 0 radical (unpaired) electrons. The molecular weight excluding hydrogens is 336 g/mol. The van der Waals surface area contributed by atoms with Gasteiger partial charge in [-0.15, -0.1) is 0 Å². The van der Waals surface area contributed by atoms with Crippen molar-refractivity contribution >= 4 is 11.8 Å². The highest BCUT2D eigenvalue weighted by molar-refractivity contribution is 5.94. The second-order valence-electron chi connectivity index (χ2n) is 8.40. The molecule has 0 aromatic heterocycles. The lowest BCUT2D eigenvalue weighted by molar-refractivity contribution is -0.138. The van der Waals surface area contributed by atoms with Crippen molar-refractivity contribution in [2.45, 2.75) is 70.8 Å². The Hall–Kier alpha value is -1.84. The molecule has 1 heterocycles. The molecule has 2 fully saturated rings. The van der Waals surface area contributed by atoms with Crippen LogP contribution < -0.4 is 0 Å². The van der Waals surface area contributed by atoms with Gasteiger partial charge in [0.1, 0.15) is 0 Å². The van der Waals surface area contributed by atoms with Crippen LogP contribution in [0.4, 0.5) is 0 Å². The Bertz CT molecular complexity index is 632. The van der Waals surface area contributed by atoms with Crippen LogP contribution >= 0.6 is 0 Å². The summed E-state index contributed by atoms with van der Waals surface area (Å²) in [6.07, 6.45) is 10.4. The van der Waals surface area contributed by atoms with Gasteiger partial charge < -0.3 is 9.80 Å². The lowest BCUT2D eigenvalue weighted by Crippen LogP contribution is -2.48. The van der Waals surface area contributed by atoms with Crippen LogP contribution in [0.15, 0.2) is 24.3 Å². The van der Waals surface area contributed by atoms with Gasteiger partial charge in [-0.3, -0.25) is 9.59 Å². The smallest absolute Gasteiger partial charge is 0.253 e. The molecule has 1 aliphatic heterocycles. The molecule has 0 N–H and O–H groups in total. The van der Waals surface area contributed by atoms with Crippen LogP contribution in [0.1, 0.15) is 73.7 Å². The van der Waals surface area contributed by atoms with Crippen molar-refractivity contribution in [3.05, 3.63) is 35.4 Å². The van der Waals surface area contributed by atoms with Crippen molar-refractivity contribution in [1.29, 1.82) is 0 Å². The van der Waals surface area contributed by atoms with E-state index in [-0.39, 0.29) is 17.7 Å². The van der Waals surface area contributed by atoms with Crippen molar-refractivity contribution in [2.75, 3.05) is 20.1 Å². The number of carbonyl (C=O) groups is 2. The molecule has 3 rings (SSSR count). The van der Waals surface area contributed by atoms with Gasteiger partial charge in [0, 0.05) is 31.7 Å².